The molecule has 1 aromatic heterocycles. The maximum atomic E-state index is 11.2. The summed E-state index contributed by atoms with van der Waals surface area (Å²) in [7, 11) is 3.39. The van der Waals surface area contributed by atoms with Gasteiger partial charge in [0.25, 0.3) is 0 Å². The van der Waals surface area contributed by atoms with Crippen LogP contribution >= 0.6 is 0 Å². The molecule has 0 aliphatic heterocycles. The number of nitrogens with zero attached hydrogens (tertiary/aromatic N) is 2. The van der Waals surface area contributed by atoms with E-state index >= 15 is 0 Å². The Kier molecular flexibility index (Phi) is 4.56. The van der Waals surface area contributed by atoms with Gasteiger partial charge in [0.2, 0.25) is 0 Å². The second-order valence-electron chi connectivity index (χ2n) is 3.94. The third-order valence-electron chi connectivity index (χ3n) is 2.17. The first kappa shape index (κ1) is 13.1. The molecule has 6 nitrogen and oxygen atoms in total. The van der Waals surface area contributed by atoms with Crippen molar-refractivity contribution in [1.82, 2.24) is 15.2 Å². The van der Waals surface area contributed by atoms with Gasteiger partial charge in [0.15, 0.2) is 0 Å². The predicted molar refractivity (Wildman–Crippen MR) is 69.0 cm³/mol. The average molecular weight is 237 g/mol. The zero-order chi connectivity index (χ0) is 12.8. The molecular weight excluding hydrogens is 218 g/mol. The van der Waals surface area contributed by atoms with E-state index in [0.717, 1.165) is 5.69 Å². The molecule has 0 radical (unpaired) electrons. The van der Waals surface area contributed by atoms with E-state index in [-0.39, 0.29) is 6.03 Å². The lowest BCUT2D eigenvalue weighted by Gasteiger charge is -2.13. The fraction of sp³-hybridized carbons (Fsp3) is 0.455. The van der Waals surface area contributed by atoms with E-state index in [9.17, 15) is 4.79 Å². The van der Waals surface area contributed by atoms with Gasteiger partial charge in [-0.3, -0.25) is 0 Å². The summed E-state index contributed by atoms with van der Waals surface area (Å²) in [6.45, 7) is 3.00. The number of aryl methyl sites for hydroxylation is 1. The highest BCUT2D eigenvalue weighted by atomic mass is 16.2. The topological polar surface area (TPSA) is 83.3 Å². The number of aromatic nitrogens is 1. The van der Waals surface area contributed by atoms with Crippen LogP contribution in [-0.4, -0.2) is 43.1 Å². The van der Waals surface area contributed by atoms with E-state index < -0.39 is 0 Å². The number of rotatable bonds is 4. The lowest BCUT2D eigenvalue weighted by molar-refractivity contribution is 0.218. The Hall–Kier alpha value is -1.98. The zero-order valence-corrected chi connectivity index (χ0v) is 10.4. The summed E-state index contributed by atoms with van der Waals surface area (Å²) in [4.78, 5) is 17.0. The van der Waals surface area contributed by atoms with Crippen molar-refractivity contribution in [2.45, 2.75) is 6.92 Å². The molecule has 2 amide bonds. The van der Waals surface area contributed by atoms with Crippen LogP contribution in [0.4, 0.5) is 16.3 Å². The first-order chi connectivity index (χ1) is 8.00. The van der Waals surface area contributed by atoms with Crippen molar-refractivity contribution in [1.29, 1.82) is 0 Å². The van der Waals surface area contributed by atoms with Gasteiger partial charge in [-0.1, -0.05) is 0 Å². The van der Waals surface area contributed by atoms with Crippen LogP contribution in [0.1, 0.15) is 5.69 Å². The Labute approximate surface area is 101 Å². The van der Waals surface area contributed by atoms with E-state index in [4.69, 9.17) is 5.73 Å². The smallest absolute Gasteiger partial charge is 0.316 e. The van der Waals surface area contributed by atoms with Gasteiger partial charge in [0, 0.05) is 32.9 Å². The standard InChI is InChI=1S/C11H19N5O/c1-8-4-5-9(12)10(15-8)13-6-7-14-11(17)16(2)3/h4-5H,6-7,12H2,1-3H3,(H,13,15)(H,14,17). The number of carbonyl (C=O) groups excluding carboxylic acids is 1. The maximum absolute atomic E-state index is 11.2. The summed E-state index contributed by atoms with van der Waals surface area (Å²) >= 11 is 0. The highest BCUT2D eigenvalue weighted by Gasteiger charge is 2.02. The molecule has 0 saturated carbocycles. The van der Waals surface area contributed by atoms with E-state index in [1.165, 1.54) is 4.90 Å². The van der Waals surface area contributed by atoms with Crippen molar-refractivity contribution in [3.63, 3.8) is 0 Å². The molecule has 4 N–H and O–H groups in total. The van der Waals surface area contributed by atoms with Gasteiger partial charge in [0.05, 0.1) is 5.69 Å². The van der Waals surface area contributed by atoms with Crippen molar-refractivity contribution in [3.05, 3.63) is 17.8 Å². The van der Waals surface area contributed by atoms with Crippen molar-refractivity contribution >= 4 is 17.5 Å². The zero-order valence-electron chi connectivity index (χ0n) is 10.4. The molecule has 1 aromatic rings. The minimum absolute atomic E-state index is 0.114. The second-order valence-corrected chi connectivity index (χ2v) is 3.94. The number of hydrogen-bond acceptors (Lipinski definition) is 4. The first-order valence-corrected chi connectivity index (χ1v) is 5.43. The number of anilines is 2. The number of nitrogen functional groups attached to an aromatic ring is 1. The summed E-state index contributed by atoms with van der Waals surface area (Å²) in [6, 6.07) is 3.55. The first-order valence-electron chi connectivity index (χ1n) is 5.43. The molecule has 0 fully saturated rings. The number of nitrogens with one attached hydrogen (secondary N) is 2. The Balaban J connectivity index is 2.36. The van der Waals surface area contributed by atoms with Crippen molar-refractivity contribution in [2.75, 3.05) is 38.2 Å². The third-order valence-corrected chi connectivity index (χ3v) is 2.17. The minimum Gasteiger partial charge on any atom is -0.396 e. The number of nitrogens with two attached hydrogens (primary N) is 1. The quantitative estimate of drug-likeness (QED) is 0.672. The summed E-state index contributed by atoms with van der Waals surface area (Å²) in [6.07, 6.45) is 0. The van der Waals surface area contributed by atoms with E-state index in [1.54, 1.807) is 14.1 Å². The van der Waals surface area contributed by atoms with Gasteiger partial charge in [-0.25, -0.2) is 9.78 Å². The molecule has 0 aliphatic rings. The molecular formula is C11H19N5O. The molecule has 94 valence electrons. The van der Waals surface area contributed by atoms with Crippen LogP contribution in [0.5, 0.6) is 0 Å². The van der Waals surface area contributed by atoms with Crippen LogP contribution in [0.3, 0.4) is 0 Å². The van der Waals surface area contributed by atoms with Gasteiger partial charge >= 0.3 is 6.03 Å². The summed E-state index contributed by atoms with van der Waals surface area (Å²) < 4.78 is 0. The predicted octanol–water partition coefficient (Wildman–Crippen LogP) is 0.655. The number of hydrogen-bond donors (Lipinski definition) is 3. The SMILES string of the molecule is Cc1ccc(N)c(NCCNC(=O)N(C)C)n1. The molecule has 6 heteroatoms. The van der Waals surface area contributed by atoms with Crippen LogP contribution in [-0.2, 0) is 0 Å². The Morgan fingerprint density at radius 2 is 2.12 bits per heavy atom. The highest BCUT2D eigenvalue weighted by molar-refractivity contribution is 5.73. The molecule has 0 aliphatic carbocycles. The highest BCUT2D eigenvalue weighted by Crippen LogP contribution is 2.14. The average Bonchev–Trinajstić information content (AvgIpc) is 2.28. The van der Waals surface area contributed by atoms with Gasteiger partial charge in [0.1, 0.15) is 5.82 Å². The summed E-state index contributed by atoms with van der Waals surface area (Å²) in [5, 5.41) is 5.82. The van der Waals surface area contributed by atoms with E-state index in [2.05, 4.69) is 15.6 Å². The molecule has 0 bridgehead atoms. The maximum Gasteiger partial charge on any atom is 0.316 e. The van der Waals surface area contributed by atoms with Crippen molar-refractivity contribution in [2.24, 2.45) is 0 Å². The molecule has 0 unspecified atom stereocenters. The van der Waals surface area contributed by atoms with Crippen LogP contribution < -0.4 is 16.4 Å². The Morgan fingerprint density at radius 1 is 1.41 bits per heavy atom. The Bertz CT molecular complexity index is 391. The molecule has 0 atom stereocenters. The monoisotopic (exact) mass is 237 g/mol. The minimum atomic E-state index is -0.114. The molecule has 0 aromatic carbocycles. The normalized spacial score (nSPS) is 9.82. The van der Waals surface area contributed by atoms with Crippen LogP contribution in [0.2, 0.25) is 0 Å². The second kappa shape index (κ2) is 5.93. The number of pyridine rings is 1. The van der Waals surface area contributed by atoms with E-state index in [0.29, 0.717) is 24.6 Å². The lowest BCUT2D eigenvalue weighted by atomic mass is 10.3. The number of carbonyl (C=O) groups is 1. The molecule has 0 spiro atoms. The van der Waals surface area contributed by atoms with Crippen molar-refractivity contribution in [3.8, 4) is 0 Å². The number of urea groups is 1. The fourth-order valence-corrected chi connectivity index (χ4v) is 1.22. The van der Waals surface area contributed by atoms with Gasteiger partial charge in [-0.05, 0) is 19.1 Å². The van der Waals surface area contributed by atoms with Crippen LogP contribution in [0.25, 0.3) is 0 Å². The van der Waals surface area contributed by atoms with Gasteiger partial charge in [-0.15, -0.1) is 0 Å². The largest absolute Gasteiger partial charge is 0.396 e. The molecule has 1 rings (SSSR count). The summed E-state index contributed by atoms with van der Waals surface area (Å²) in [5.74, 6) is 0.657. The summed E-state index contributed by atoms with van der Waals surface area (Å²) in [5.41, 5.74) is 7.27. The third kappa shape index (κ3) is 4.18. The molecule has 1 heterocycles. The van der Waals surface area contributed by atoms with Crippen molar-refractivity contribution < 1.29 is 4.79 Å². The molecule has 0 saturated heterocycles. The van der Waals surface area contributed by atoms with Crippen LogP contribution in [0.15, 0.2) is 12.1 Å². The lowest BCUT2D eigenvalue weighted by Crippen LogP contribution is -2.37. The fourth-order valence-electron chi connectivity index (χ4n) is 1.22. The van der Waals surface area contributed by atoms with Crippen LogP contribution in [0, 0.1) is 6.92 Å². The molecule has 17 heavy (non-hydrogen) atoms. The van der Waals surface area contributed by atoms with E-state index in [1.807, 2.05) is 19.1 Å². The van der Waals surface area contributed by atoms with Gasteiger partial charge < -0.3 is 21.3 Å². The Morgan fingerprint density at radius 3 is 2.76 bits per heavy atom. The number of amides is 2. The van der Waals surface area contributed by atoms with Gasteiger partial charge in [-0.2, -0.15) is 0 Å².